The fourth-order valence-electron chi connectivity index (χ4n) is 1.33. The zero-order valence-electron chi connectivity index (χ0n) is 8.11. The zero-order valence-corrected chi connectivity index (χ0v) is 8.93. The van der Waals surface area contributed by atoms with Crippen molar-refractivity contribution in [1.82, 2.24) is 5.32 Å². The van der Waals surface area contributed by atoms with E-state index in [9.17, 15) is 9.59 Å². The van der Waals surface area contributed by atoms with Crippen LogP contribution in [0.2, 0.25) is 0 Å². The van der Waals surface area contributed by atoms with E-state index in [0.717, 1.165) is 22.9 Å². The minimum Gasteiger partial charge on any atom is -0.282 e. The summed E-state index contributed by atoms with van der Waals surface area (Å²) in [7, 11) is 0. The topological polar surface area (TPSA) is 46.2 Å². The monoisotopic (exact) mass is 219 g/mol. The average molecular weight is 219 g/mol. The molecule has 0 radical (unpaired) electrons. The Morgan fingerprint density at radius 2 is 2.13 bits per heavy atom. The van der Waals surface area contributed by atoms with Crippen molar-refractivity contribution in [1.29, 1.82) is 0 Å². The van der Waals surface area contributed by atoms with E-state index in [1.807, 2.05) is 31.2 Å². The Bertz CT molecular complexity index is 465. The highest BCUT2D eigenvalue weighted by Gasteiger charge is 2.24. The van der Waals surface area contributed by atoms with E-state index in [-0.39, 0.29) is 11.1 Å². The maximum Gasteiger partial charge on any atom is 0.290 e. The quantitative estimate of drug-likeness (QED) is 0.737. The summed E-state index contributed by atoms with van der Waals surface area (Å²) in [5.41, 5.74) is 2.06. The van der Waals surface area contributed by atoms with Gasteiger partial charge in [0.25, 0.3) is 11.1 Å². The maximum atomic E-state index is 11.3. The number of hydrogen-bond donors (Lipinski definition) is 1. The summed E-state index contributed by atoms with van der Waals surface area (Å²) in [5, 5.41) is 1.91. The molecule has 0 aromatic heterocycles. The molecule has 2 amide bonds. The van der Waals surface area contributed by atoms with Crippen LogP contribution in [0.15, 0.2) is 29.2 Å². The molecule has 1 saturated heterocycles. The minimum absolute atomic E-state index is 0.307. The van der Waals surface area contributed by atoms with Gasteiger partial charge in [-0.1, -0.05) is 29.8 Å². The molecular formula is C11H9NO2S. The largest absolute Gasteiger partial charge is 0.290 e. The molecule has 1 aliphatic heterocycles. The molecule has 1 heterocycles. The maximum absolute atomic E-state index is 11.3. The Labute approximate surface area is 91.6 Å². The third-order valence-corrected chi connectivity index (χ3v) is 2.79. The first-order valence-corrected chi connectivity index (χ1v) is 5.28. The Hall–Kier alpha value is -1.55. The van der Waals surface area contributed by atoms with Crippen LogP contribution in [0.3, 0.4) is 0 Å². The van der Waals surface area contributed by atoms with E-state index in [2.05, 4.69) is 5.32 Å². The van der Waals surface area contributed by atoms with Gasteiger partial charge >= 0.3 is 0 Å². The lowest BCUT2D eigenvalue weighted by atomic mass is 10.1. The molecule has 1 N–H and O–H groups in total. The molecule has 2 rings (SSSR count). The number of aryl methyl sites for hydroxylation is 1. The van der Waals surface area contributed by atoms with E-state index >= 15 is 0 Å². The molecule has 76 valence electrons. The van der Waals surface area contributed by atoms with Crippen LogP contribution in [-0.2, 0) is 4.79 Å². The molecule has 3 nitrogen and oxygen atoms in total. The van der Waals surface area contributed by atoms with Gasteiger partial charge in [0.1, 0.15) is 0 Å². The summed E-state index contributed by atoms with van der Waals surface area (Å²) in [6.07, 6.45) is 1.72. The Morgan fingerprint density at radius 3 is 2.73 bits per heavy atom. The molecule has 0 aliphatic carbocycles. The number of imide groups is 1. The number of amides is 2. The second kappa shape index (κ2) is 3.90. The van der Waals surface area contributed by atoms with Crippen molar-refractivity contribution >= 4 is 29.0 Å². The smallest absolute Gasteiger partial charge is 0.282 e. The molecule has 0 unspecified atom stereocenters. The fourth-order valence-corrected chi connectivity index (χ4v) is 2.01. The Morgan fingerprint density at radius 1 is 1.33 bits per heavy atom. The van der Waals surface area contributed by atoms with Crippen LogP contribution < -0.4 is 5.32 Å². The first-order valence-electron chi connectivity index (χ1n) is 4.47. The summed E-state index contributed by atoms with van der Waals surface area (Å²) in [6.45, 7) is 1.98. The minimum atomic E-state index is -0.313. The molecule has 0 spiro atoms. The van der Waals surface area contributed by atoms with Gasteiger partial charge in [-0.2, -0.15) is 0 Å². The highest BCUT2D eigenvalue weighted by molar-refractivity contribution is 8.18. The molecule has 0 atom stereocenters. The molecule has 1 aromatic rings. The van der Waals surface area contributed by atoms with Gasteiger partial charge in [-0.3, -0.25) is 14.9 Å². The highest BCUT2D eigenvalue weighted by Crippen LogP contribution is 2.25. The number of carbonyl (C=O) groups is 2. The predicted molar refractivity (Wildman–Crippen MR) is 60.3 cm³/mol. The van der Waals surface area contributed by atoms with E-state index < -0.39 is 0 Å². The van der Waals surface area contributed by atoms with Gasteiger partial charge < -0.3 is 0 Å². The van der Waals surface area contributed by atoms with Gasteiger partial charge in [0.05, 0.1) is 4.91 Å². The zero-order chi connectivity index (χ0) is 10.8. The van der Waals surface area contributed by atoms with Crippen LogP contribution in [0.1, 0.15) is 11.1 Å². The summed E-state index contributed by atoms with van der Waals surface area (Å²) < 4.78 is 0. The van der Waals surface area contributed by atoms with Crippen LogP contribution >= 0.6 is 11.8 Å². The van der Waals surface area contributed by atoms with Crippen LogP contribution in [-0.4, -0.2) is 11.1 Å². The SMILES string of the molecule is Cc1cccc(/C=C2\SC(=O)NC2=O)c1. The molecular weight excluding hydrogens is 210 g/mol. The number of carbonyl (C=O) groups excluding carboxylic acids is 2. The third kappa shape index (κ3) is 2.27. The lowest BCUT2D eigenvalue weighted by Crippen LogP contribution is -2.17. The van der Waals surface area contributed by atoms with Gasteiger partial charge in [0.2, 0.25) is 0 Å². The Balaban J connectivity index is 2.31. The van der Waals surface area contributed by atoms with E-state index in [1.165, 1.54) is 0 Å². The van der Waals surface area contributed by atoms with Crippen molar-refractivity contribution in [3.63, 3.8) is 0 Å². The summed E-state index contributed by atoms with van der Waals surface area (Å²) in [4.78, 5) is 22.6. The summed E-state index contributed by atoms with van der Waals surface area (Å²) in [6, 6.07) is 7.76. The highest BCUT2D eigenvalue weighted by atomic mass is 32.2. The molecule has 15 heavy (non-hydrogen) atoms. The fraction of sp³-hybridized carbons (Fsp3) is 0.0909. The number of hydrogen-bond acceptors (Lipinski definition) is 3. The summed E-state index contributed by atoms with van der Waals surface area (Å²) >= 11 is 0.936. The molecule has 1 aromatic carbocycles. The van der Waals surface area contributed by atoms with Crippen LogP contribution in [0.4, 0.5) is 4.79 Å². The molecule has 1 fully saturated rings. The van der Waals surface area contributed by atoms with Crippen LogP contribution in [0.25, 0.3) is 6.08 Å². The first-order chi connectivity index (χ1) is 7.15. The van der Waals surface area contributed by atoms with Gasteiger partial charge in [-0.05, 0) is 30.3 Å². The predicted octanol–water partition coefficient (Wildman–Crippen LogP) is 2.32. The number of rotatable bonds is 1. The van der Waals surface area contributed by atoms with Crippen molar-refractivity contribution in [2.75, 3.05) is 0 Å². The lowest BCUT2D eigenvalue weighted by Gasteiger charge is -1.96. The molecule has 0 saturated carbocycles. The van der Waals surface area contributed by atoms with Gasteiger partial charge in [0, 0.05) is 0 Å². The van der Waals surface area contributed by atoms with E-state index in [1.54, 1.807) is 6.08 Å². The third-order valence-electron chi connectivity index (χ3n) is 1.98. The van der Waals surface area contributed by atoms with Gasteiger partial charge in [-0.15, -0.1) is 0 Å². The lowest BCUT2D eigenvalue weighted by molar-refractivity contribution is -0.115. The number of thioether (sulfide) groups is 1. The first kappa shape index (κ1) is 9.98. The van der Waals surface area contributed by atoms with Crippen LogP contribution in [0, 0.1) is 6.92 Å². The van der Waals surface area contributed by atoms with E-state index in [0.29, 0.717) is 4.91 Å². The van der Waals surface area contributed by atoms with E-state index in [4.69, 9.17) is 0 Å². The molecule has 4 heteroatoms. The van der Waals surface area contributed by atoms with Gasteiger partial charge in [0.15, 0.2) is 0 Å². The van der Waals surface area contributed by atoms with Crippen molar-refractivity contribution < 1.29 is 9.59 Å². The van der Waals surface area contributed by atoms with Crippen molar-refractivity contribution in [2.45, 2.75) is 6.92 Å². The second-order valence-corrected chi connectivity index (χ2v) is 4.28. The molecule has 0 bridgehead atoms. The average Bonchev–Trinajstić information content (AvgIpc) is 2.45. The summed E-state index contributed by atoms with van der Waals surface area (Å²) in [5.74, 6) is -0.313. The normalized spacial score (nSPS) is 18.3. The standard InChI is InChI=1S/C11H9NO2S/c1-7-3-2-4-8(5-7)6-9-10(13)12-11(14)15-9/h2-6H,1H3,(H,12,13,14)/b9-6-. The van der Waals surface area contributed by atoms with Gasteiger partial charge in [-0.25, -0.2) is 0 Å². The van der Waals surface area contributed by atoms with Crippen molar-refractivity contribution in [3.8, 4) is 0 Å². The Kier molecular flexibility index (Phi) is 2.60. The van der Waals surface area contributed by atoms with Crippen molar-refractivity contribution in [3.05, 3.63) is 40.3 Å². The van der Waals surface area contributed by atoms with Crippen molar-refractivity contribution in [2.24, 2.45) is 0 Å². The second-order valence-electron chi connectivity index (χ2n) is 3.27. The number of benzene rings is 1. The van der Waals surface area contributed by atoms with Crippen LogP contribution in [0.5, 0.6) is 0 Å². The molecule has 1 aliphatic rings. The number of nitrogens with one attached hydrogen (secondary N) is 1.